The van der Waals surface area contributed by atoms with Crippen molar-refractivity contribution in [2.24, 2.45) is 5.92 Å². The Labute approximate surface area is 137 Å². The maximum absolute atomic E-state index is 12.6. The van der Waals surface area contributed by atoms with E-state index in [0.29, 0.717) is 24.1 Å². The normalized spacial score (nSPS) is 15.0. The fourth-order valence-corrected chi connectivity index (χ4v) is 2.77. The summed E-state index contributed by atoms with van der Waals surface area (Å²) in [4.78, 5) is 38.8. The van der Waals surface area contributed by atoms with Crippen molar-refractivity contribution in [1.82, 2.24) is 10.2 Å². The molecule has 0 bridgehead atoms. The zero-order chi connectivity index (χ0) is 17.0. The lowest BCUT2D eigenvalue weighted by molar-refractivity contribution is -0.125. The van der Waals surface area contributed by atoms with Crippen molar-refractivity contribution in [2.45, 2.75) is 46.1 Å². The average molecular weight is 316 g/mol. The second-order valence-corrected chi connectivity index (χ2v) is 6.32. The number of unbranched alkanes of at least 4 members (excludes halogenated alkanes) is 1. The molecule has 124 valence electrons. The number of imide groups is 1. The van der Waals surface area contributed by atoms with Gasteiger partial charge in [-0.25, -0.2) is 0 Å². The number of carbonyl (C=O) groups is 3. The maximum Gasteiger partial charge on any atom is 0.262 e. The van der Waals surface area contributed by atoms with E-state index in [9.17, 15) is 14.4 Å². The van der Waals surface area contributed by atoms with Crippen LogP contribution in [-0.4, -0.2) is 35.2 Å². The van der Waals surface area contributed by atoms with Gasteiger partial charge in [0.2, 0.25) is 5.91 Å². The lowest BCUT2D eigenvalue weighted by Gasteiger charge is -2.26. The Morgan fingerprint density at radius 1 is 1.13 bits per heavy atom. The minimum Gasteiger partial charge on any atom is -0.354 e. The van der Waals surface area contributed by atoms with Crippen LogP contribution in [0.3, 0.4) is 0 Å². The van der Waals surface area contributed by atoms with Gasteiger partial charge in [0.1, 0.15) is 6.04 Å². The fourth-order valence-electron chi connectivity index (χ4n) is 2.77. The van der Waals surface area contributed by atoms with Crippen molar-refractivity contribution in [3.63, 3.8) is 0 Å². The molecule has 0 radical (unpaired) electrons. The van der Waals surface area contributed by atoms with Crippen LogP contribution < -0.4 is 5.32 Å². The molecular formula is C18H24N2O3. The average Bonchev–Trinajstić information content (AvgIpc) is 2.77. The quantitative estimate of drug-likeness (QED) is 0.621. The lowest BCUT2D eigenvalue weighted by Crippen LogP contribution is -2.50. The van der Waals surface area contributed by atoms with Crippen molar-refractivity contribution in [3.05, 3.63) is 35.4 Å². The summed E-state index contributed by atoms with van der Waals surface area (Å²) in [7, 11) is 0. The van der Waals surface area contributed by atoms with Crippen LogP contribution in [-0.2, 0) is 4.79 Å². The summed E-state index contributed by atoms with van der Waals surface area (Å²) < 4.78 is 0. The molecule has 0 aliphatic carbocycles. The molecule has 1 aliphatic heterocycles. The highest BCUT2D eigenvalue weighted by atomic mass is 16.2. The first-order chi connectivity index (χ1) is 11.0. The van der Waals surface area contributed by atoms with Crippen molar-refractivity contribution in [2.75, 3.05) is 6.54 Å². The Balaban J connectivity index is 2.24. The Morgan fingerprint density at radius 3 is 2.17 bits per heavy atom. The van der Waals surface area contributed by atoms with Gasteiger partial charge in [0.25, 0.3) is 11.8 Å². The molecule has 1 heterocycles. The van der Waals surface area contributed by atoms with E-state index >= 15 is 0 Å². The molecule has 0 spiro atoms. The molecule has 1 atom stereocenters. The van der Waals surface area contributed by atoms with E-state index in [0.717, 1.165) is 17.7 Å². The third-order valence-electron chi connectivity index (χ3n) is 3.96. The van der Waals surface area contributed by atoms with Crippen molar-refractivity contribution in [1.29, 1.82) is 0 Å². The zero-order valence-electron chi connectivity index (χ0n) is 14.0. The Morgan fingerprint density at radius 2 is 1.70 bits per heavy atom. The second-order valence-electron chi connectivity index (χ2n) is 6.32. The van der Waals surface area contributed by atoms with Gasteiger partial charge in [0, 0.05) is 6.54 Å². The summed E-state index contributed by atoms with van der Waals surface area (Å²) in [6.07, 6.45) is 2.31. The van der Waals surface area contributed by atoms with Gasteiger partial charge >= 0.3 is 0 Å². The SMILES string of the molecule is CCCCNC(=O)C(CC(C)C)N1C(=O)c2ccccc2C1=O. The van der Waals surface area contributed by atoms with E-state index in [1.54, 1.807) is 24.3 Å². The summed E-state index contributed by atoms with van der Waals surface area (Å²) in [6, 6.07) is 5.98. The van der Waals surface area contributed by atoms with Crippen LogP contribution in [0, 0.1) is 5.92 Å². The van der Waals surface area contributed by atoms with Gasteiger partial charge in [-0.2, -0.15) is 0 Å². The van der Waals surface area contributed by atoms with Gasteiger partial charge in [-0.1, -0.05) is 39.3 Å². The number of rotatable bonds is 7. The molecule has 0 aromatic heterocycles. The lowest BCUT2D eigenvalue weighted by atomic mass is 10.0. The third-order valence-corrected chi connectivity index (χ3v) is 3.96. The molecule has 0 saturated heterocycles. The molecule has 1 aromatic carbocycles. The first-order valence-electron chi connectivity index (χ1n) is 8.22. The number of nitrogens with one attached hydrogen (secondary N) is 1. The van der Waals surface area contributed by atoms with E-state index in [1.807, 2.05) is 20.8 Å². The minimum atomic E-state index is -0.751. The van der Waals surface area contributed by atoms with Crippen molar-refractivity contribution < 1.29 is 14.4 Å². The molecule has 1 aromatic rings. The predicted molar refractivity (Wildman–Crippen MR) is 88.1 cm³/mol. The molecule has 5 heteroatoms. The minimum absolute atomic E-state index is 0.196. The molecule has 1 unspecified atom stereocenters. The van der Waals surface area contributed by atoms with Gasteiger partial charge in [0.15, 0.2) is 0 Å². The molecule has 0 fully saturated rings. The predicted octanol–water partition coefficient (Wildman–Crippen LogP) is 2.61. The van der Waals surface area contributed by atoms with E-state index in [-0.39, 0.29) is 23.6 Å². The van der Waals surface area contributed by atoms with Crippen LogP contribution in [0.5, 0.6) is 0 Å². The second kappa shape index (κ2) is 7.40. The van der Waals surface area contributed by atoms with Gasteiger partial charge in [-0.15, -0.1) is 0 Å². The first-order valence-corrected chi connectivity index (χ1v) is 8.22. The van der Waals surface area contributed by atoms with Gasteiger partial charge in [-0.05, 0) is 30.9 Å². The molecule has 5 nitrogen and oxygen atoms in total. The summed E-state index contributed by atoms with van der Waals surface area (Å²) in [5.74, 6) is -0.799. The van der Waals surface area contributed by atoms with E-state index in [4.69, 9.17) is 0 Å². The van der Waals surface area contributed by atoms with Crippen molar-refractivity contribution in [3.8, 4) is 0 Å². The number of nitrogens with zero attached hydrogens (tertiary/aromatic N) is 1. The van der Waals surface area contributed by atoms with Crippen molar-refractivity contribution >= 4 is 17.7 Å². The van der Waals surface area contributed by atoms with E-state index in [2.05, 4.69) is 5.32 Å². The first kappa shape index (κ1) is 17.2. The molecule has 1 N–H and O–H groups in total. The number of fused-ring (bicyclic) bond motifs is 1. The number of carbonyl (C=O) groups excluding carboxylic acids is 3. The van der Waals surface area contributed by atoms with E-state index < -0.39 is 6.04 Å². The zero-order valence-corrected chi connectivity index (χ0v) is 14.0. The Kier molecular flexibility index (Phi) is 5.53. The summed E-state index contributed by atoms with van der Waals surface area (Å²) in [5, 5.41) is 2.85. The highest BCUT2D eigenvalue weighted by Gasteiger charge is 2.42. The van der Waals surface area contributed by atoms with Crippen LogP contribution in [0.1, 0.15) is 60.7 Å². The van der Waals surface area contributed by atoms with Gasteiger partial charge < -0.3 is 5.32 Å². The number of hydrogen-bond acceptors (Lipinski definition) is 3. The summed E-state index contributed by atoms with van der Waals surface area (Å²) in [6.45, 7) is 6.56. The van der Waals surface area contributed by atoms with E-state index in [1.165, 1.54) is 0 Å². The molecule has 0 saturated carbocycles. The van der Waals surface area contributed by atoms with Gasteiger partial charge in [0.05, 0.1) is 11.1 Å². The third kappa shape index (κ3) is 3.60. The highest BCUT2D eigenvalue weighted by molar-refractivity contribution is 6.22. The molecule has 3 amide bonds. The molecule has 1 aliphatic rings. The summed E-state index contributed by atoms with van der Waals surface area (Å²) >= 11 is 0. The molecular weight excluding hydrogens is 292 g/mol. The van der Waals surface area contributed by atoms with Crippen LogP contribution in [0.15, 0.2) is 24.3 Å². The monoisotopic (exact) mass is 316 g/mol. The number of amides is 3. The van der Waals surface area contributed by atoms with Crippen LogP contribution in [0.25, 0.3) is 0 Å². The topological polar surface area (TPSA) is 66.5 Å². The Bertz CT molecular complexity index is 575. The molecule has 23 heavy (non-hydrogen) atoms. The number of benzene rings is 1. The van der Waals surface area contributed by atoms with Crippen LogP contribution >= 0.6 is 0 Å². The molecule has 2 rings (SSSR count). The maximum atomic E-state index is 12.6. The van der Waals surface area contributed by atoms with Crippen LogP contribution in [0.4, 0.5) is 0 Å². The number of hydrogen-bond donors (Lipinski definition) is 1. The van der Waals surface area contributed by atoms with Gasteiger partial charge in [-0.3, -0.25) is 19.3 Å². The smallest absolute Gasteiger partial charge is 0.262 e. The largest absolute Gasteiger partial charge is 0.354 e. The fraction of sp³-hybridized carbons (Fsp3) is 0.500. The highest BCUT2D eigenvalue weighted by Crippen LogP contribution is 2.26. The Hall–Kier alpha value is -2.17. The van der Waals surface area contributed by atoms with Crippen LogP contribution in [0.2, 0.25) is 0 Å². The standard InChI is InChI=1S/C18H24N2O3/c1-4-5-10-19-16(21)15(11-12(2)3)20-17(22)13-8-6-7-9-14(13)18(20)23/h6-9,12,15H,4-5,10-11H2,1-3H3,(H,19,21). The summed E-state index contributed by atoms with van der Waals surface area (Å²) in [5.41, 5.74) is 0.764.